The van der Waals surface area contributed by atoms with E-state index >= 15 is 0 Å². The number of ketones is 1. The molecule has 0 radical (unpaired) electrons. The van der Waals surface area contributed by atoms with E-state index in [9.17, 15) is 9.59 Å². The third-order valence-corrected chi connectivity index (χ3v) is 5.06. The van der Waals surface area contributed by atoms with Crippen LogP contribution in [0, 0.1) is 5.41 Å². The lowest BCUT2D eigenvalue weighted by Crippen LogP contribution is -2.34. The number of Topliss-reactive ketones (excluding diaryl/α,β-unsaturated/α-hetero) is 1. The first-order chi connectivity index (χ1) is 11.5. The number of unbranched alkanes of at least 4 members (excludes halogenated alkanes) is 1. The van der Waals surface area contributed by atoms with Crippen molar-refractivity contribution >= 4 is 24.1 Å². The minimum absolute atomic E-state index is 0. The number of halogens is 1. The van der Waals surface area contributed by atoms with Crippen LogP contribution in [-0.4, -0.2) is 36.2 Å². The second kappa shape index (κ2) is 9.93. The largest absolute Gasteiger partial charge is 0.342 e. The van der Waals surface area contributed by atoms with Crippen LogP contribution in [0.15, 0.2) is 24.3 Å². The Kier molecular flexibility index (Phi) is 8.60. The van der Waals surface area contributed by atoms with Crippen LogP contribution < -0.4 is 5.73 Å². The lowest BCUT2D eigenvalue weighted by Gasteiger charge is -2.22. The van der Waals surface area contributed by atoms with Crippen LogP contribution in [0.1, 0.15) is 61.9 Å². The summed E-state index contributed by atoms with van der Waals surface area (Å²) in [6, 6.07) is 7.83. The molecule has 25 heavy (non-hydrogen) atoms. The number of benzene rings is 1. The van der Waals surface area contributed by atoms with Crippen LogP contribution in [0.4, 0.5) is 0 Å². The standard InChI is InChI=1S/C20H30N2O2.ClH/c1-3-4-5-16-6-8-17(9-7-16)18(23)10-11-19(24)22-13-12-20(2,14-21)15-22;/h6-9H,3-5,10-15,21H2,1-2H3;1H. The highest BCUT2D eigenvalue weighted by molar-refractivity contribution is 5.98. The molecule has 1 amide bonds. The molecular formula is C20H31ClN2O2. The topological polar surface area (TPSA) is 63.4 Å². The Balaban J connectivity index is 0.00000312. The molecule has 0 aliphatic carbocycles. The van der Waals surface area contributed by atoms with Crippen molar-refractivity contribution in [3.63, 3.8) is 0 Å². The molecule has 0 saturated carbocycles. The van der Waals surface area contributed by atoms with Crippen molar-refractivity contribution in [1.29, 1.82) is 0 Å². The van der Waals surface area contributed by atoms with E-state index in [-0.39, 0.29) is 42.4 Å². The summed E-state index contributed by atoms with van der Waals surface area (Å²) in [6.45, 7) is 6.35. The first kappa shape index (κ1) is 21.7. The Labute approximate surface area is 157 Å². The number of rotatable bonds is 8. The summed E-state index contributed by atoms with van der Waals surface area (Å²) in [6.07, 6.45) is 4.91. The van der Waals surface area contributed by atoms with Gasteiger partial charge >= 0.3 is 0 Å². The van der Waals surface area contributed by atoms with E-state index in [1.54, 1.807) is 0 Å². The number of hydrogen-bond acceptors (Lipinski definition) is 3. The zero-order valence-corrected chi connectivity index (χ0v) is 16.2. The number of carbonyl (C=O) groups is 2. The third kappa shape index (κ3) is 6.12. The molecule has 1 aromatic carbocycles. The molecule has 1 aliphatic heterocycles. The van der Waals surface area contributed by atoms with E-state index in [0.29, 0.717) is 18.7 Å². The second-order valence-corrected chi connectivity index (χ2v) is 7.30. The molecule has 4 nitrogen and oxygen atoms in total. The molecule has 1 atom stereocenters. The highest BCUT2D eigenvalue weighted by Crippen LogP contribution is 2.29. The van der Waals surface area contributed by atoms with E-state index in [0.717, 1.165) is 19.4 Å². The molecule has 0 spiro atoms. The fourth-order valence-electron chi connectivity index (χ4n) is 3.16. The zero-order valence-electron chi connectivity index (χ0n) is 15.4. The van der Waals surface area contributed by atoms with E-state index in [4.69, 9.17) is 5.73 Å². The highest BCUT2D eigenvalue weighted by atomic mass is 35.5. The fourth-order valence-corrected chi connectivity index (χ4v) is 3.16. The first-order valence-electron chi connectivity index (χ1n) is 9.07. The van der Waals surface area contributed by atoms with Crippen molar-refractivity contribution in [1.82, 2.24) is 4.90 Å². The van der Waals surface area contributed by atoms with Crippen molar-refractivity contribution in [2.24, 2.45) is 11.1 Å². The summed E-state index contributed by atoms with van der Waals surface area (Å²) in [7, 11) is 0. The van der Waals surface area contributed by atoms with Crippen molar-refractivity contribution in [3.8, 4) is 0 Å². The highest BCUT2D eigenvalue weighted by Gasteiger charge is 2.34. The smallest absolute Gasteiger partial charge is 0.223 e. The molecule has 2 rings (SSSR count). The molecule has 1 aromatic rings. The Morgan fingerprint density at radius 3 is 2.44 bits per heavy atom. The van der Waals surface area contributed by atoms with Gasteiger partial charge in [0.15, 0.2) is 5.78 Å². The summed E-state index contributed by atoms with van der Waals surface area (Å²) in [4.78, 5) is 26.4. The third-order valence-electron chi connectivity index (χ3n) is 5.06. The van der Waals surface area contributed by atoms with Crippen LogP contribution in [0.2, 0.25) is 0 Å². The van der Waals surface area contributed by atoms with Gasteiger partial charge in [-0.3, -0.25) is 9.59 Å². The molecule has 1 aliphatic rings. The number of aryl methyl sites for hydroxylation is 1. The van der Waals surface area contributed by atoms with Gasteiger partial charge in [0.05, 0.1) is 0 Å². The lowest BCUT2D eigenvalue weighted by molar-refractivity contribution is -0.130. The zero-order chi connectivity index (χ0) is 17.6. The summed E-state index contributed by atoms with van der Waals surface area (Å²) < 4.78 is 0. The van der Waals surface area contributed by atoms with E-state index in [1.807, 2.05) is 29.2 Å². The molecule has 0 bridgehead atoms. The van der Waals surface area contributed by atoms with Gasteiger partial charge in [0.25, 0.3) is 0 Å². The minimum Gasteiger partial charge on any atom is -0.342 e. The number of amides is 1. The van der Waals surface area contributed by atoms with Crippen molar-refractivity contribution in [3.05, 3.63) is 35.4 Å². The summed E-state index contributed by atoms with van der Waals surface area (Å²) in [5.41, 5.74) is 7.79. The maximum atomic E-state index is 12.3. The fraction of sp³-hybridized carbons (Fsp3) is 0.600. The normalized spacial score (nSPS) is 19.6. The summed E-state index contributed by atoms with van der Waals surface area (Å²) in [5, 5.41) is 0. The Hall–Kier alpha value is -1.39. The van der Waals surface area contributed by atoms with Crippen molar-refractivity contribution in [2.45, 2.75) is 52.4 Å². The molecule has 140 valence electrons. The van der Waals surface area contributed by atoms with Gasteiger partial charge in [-0.05, 0) is 36.8 Å². The number of carbonyl (C=O) groups excluding carboxylic acids is 2. The molecule has 1 unspecified atom stereocenters. The quantitative estimate of drug-likeness (QED) is 0.715. The average Bonchev–Trinajstić information content (AvgIpc) is 3.01. The van der Waals surface area contributed by atoms with Crippen LogP contribution in [0.25, 0.3) is 0 Å². The molecule has 5 heteroatoms. The van der Waals surface area contributed by atoms with Crippen LogP contribution in [0.3, 0.4) is 0 Å². The molecule has 2 N–H and O–H groups in total. The average molecular weight is 367 g/mol. The molecule has 1 saturated heterocycles. The SMILES string of the molecule is CCCCc1ccc(C(=O)CCC(=O)N2CCC(C)(CN)C2)cc1.Cl. The van der Waals surface area contributed by atoms with Crippen molar-refractivity contribution in [2.75, 3.05) is 19.6 Å². The van der Waals surface area contributed by atoms with Crippen LogP contribution in [0.5, 0.6) is 0 Å². The van der Waals surface area contributed by atoms with Crippen molar-refractivity contribution < 1.29 is 9.59 Å². The number of likely N-dealkylation sites (tertiary alicyclic amines) is 1. The van der Waals surface area contributed by atoms with Gasteiger partial charge in [-0.1, -0.05) is 44.5 Å². The summed E-state index contributed by atoms with van der Waals surface area (Å²) in [5.74, 6) is 0.117. The first-order valence-corrected chi connectivity index (χ1v) is 9.07. The molecule has 1 heterocycles. The Bertz CT molecular complexity index is 574. The van der Waals surface area contributed by atoms with Gasteiger partial charge in [-0.25, -0.2) is 0 Å². The number of nitrogens with zero attached hydrogens (tertiary/aromatic N) is 1. The minimum atomic E-state index is 0. The molecule has 0 aromatic heterocycles. The van der Waals surface area contributed by atoms with Gasteiger partial charge in [-0.15, -0.1) is 12.4 Å². The maximum absolute atomic E-state index is 12.3. The molecule has 1 fully saturated rings. The Morgan fingerprint density at radius 1 is 1.20 bits per heavy atom. The van der Waals surface area contributed by atoms with E-state index in [2.05, 4.69) is 13.8 Å². The van der Waals surface area contributed by atoms with Gasteiger partial charge in [0, 0.05) is 31.5 Å². The second-order valence-electron chi connectivity index (χ2n) is 7.30. The van der Waals surface area contributed by atoms with Gasteiger partial charge in [0.2, 0.25) is 5.91 Å². The van der Waals surface area contributed by atoms with Crippen LogP contribution >= 0.6 is 12.4 Å². The van der Waals surface area contributed by atoms with E-state index in [1.165, 1.54) is 18.4 Å². The monoisotopic (exact) mass is 366 g/mol. The number of nitrogens with two attached hydrogens (primary N) is 1. The predicted octanol–water partition coefficient (Wildman–Crippen LogP) is 3.61. The van der Waals surface area contributed by atoms with Gasteiger partial charge in [-0.2, -0.15) is 0 Å². The molecular weight excluding hydrogens is 336 g/mol. The number of hydrogen-bond donors (Lipinski definition) is 1. The maximum Gasteiger partial charge on any atom is 0.223 e. The van der Waals surface area contributed by atoms with E-state index < -0.39 is 0 Å². The summed E-state index contributed by atoms with van der Waals surface area (Å²) >= 11 is 0. The van der Waals surface area contributed by atoms with Gasteiger partial charge in [0.1, 0.15) is 0 Å². The predicted molar refractivity (Wildman–Crippen MR) is 104 cm³/mol. The lowest BCUT2D eigenvalue weighted by atomic mass is 9.90. The van der Waals surface area contributed by atoms with Gasteiger partial charge < -0.3 is 10.6 Å². The van der Waals surface area contributed by atoms with Crippen LogP contribution in [-0.2, 0) is 11.2 Å². The Morgan fingerprint density at radius 2 is 1.88 bits per heavy atom.